The van der Waals surface area contributed by atoms with Crippen LogP contribution in [0.5, 0.6) is 5.75 Å². The highest BCUT2D eigenvalue weighted by atomic mass is 35.5. The second kappa shape index (κ2) is 6.97. The van der Waals surface area contributed by atoms with Crippen LogP contribution in [0.1, 0.15) is 19.3 Å². The molecule has 1 heterocycles. The molecule has 1 saturated carbocycles. The Morgan fingerprint density at radius 2 is 2.14 bits per heavy atom. The van der Waals surface area contributed by atoms with E-state index in [-0.39, 0.29) is 6.61 Å². The molecule has 5 heteroatoms. The summed E-state index contributed by atoms with van der Waals surface area (Å²) in [6, 6.07) is 8.67. The molecule has 2 fully saturated rings. The molecule has 116 valence electrons. The first-order chi connectivity index (χ1) is 10.2. The van der Waals surface area contributed by atoms with E-state index in [9.17, 15) is 5.11 Å². The Kier molecular flexibility index (Phi) is 5.01. The van der Waals surface area contributed by atoms with Crippen LogP contribution in [0.4, 0.5) is 0 Å². The van der Waals surface area contributed by atoms with E-state index in [1.54, 1.807) is 6.07 Å². The van der Waals surface area contributed by atoms with E-state index in [2.05, 4.69) is 10.2 Å². The number of hydrogen-bond donors (Lipinski definition) is 2. The summed E-state index contributed by atoms with van der Waals surface area (Å²) < 4.78 is 5.55. The van der Waals surface area contributed by atoms with Gasteiger partial charge in [-0.2, -0.15) is 0 Å². The third kappa shape index (κ3) is 4.33. The molecule has 2 N–H and O–H groups in total. The summed E-state index contributed by atoms with van der Waals surface area (Å²) in [7, 11) is 0. The summed E-state index contributed by atoms with van der Waals surface area (Å²) in [5.74, 6) is 0.624. The van der Waals surface area contributed by atoms with E-state index >= 15 is 0 Å². The van der Waals surface area contributed by atoms with Crippen LogP contribution < -0.4 is 10.1 Å². The van der Waals surface area contributed by atoms with Crippen molar-refractivity contribution in [1.82, 2.24) is 10.2 Å². The summed E-state index contributed by atoms with van der Waals surface area (Å²) in [5, 5.41) is 14.0. The summed E-state index contributed by atoms with van der Waals surface area (Å²) in [6.45, 7) is 3.13. The van der Waals surface area contributed by atoms with E-state index in [1.807, 2.05) is 18.2 Å². The van der Waals surface area contributed by atoms with Gasteiger partial charge in [0, 0.05) is 31.7 Å². The average Bonchev–Trinajstić information content (AvgIpc) is 3.23. The van der Waals surface area contributed by atoms with Crippen molar-refractivity contribution in [2.75, 3.05) is 26.2 Å². The van der Waals surface area contributed by atoms with Crippen molar-refractivity contribution in [3.05, 3.63) is 29.3 Å². The number of nitrogens with zero attached hydrogens (tertiary/aromatic N) is 1. The molecular weight excluding hydrogens is 288 g/mol. The number of ether oxygens (including phenoxy) is 1. The summed E-state index contributed by atoms with van der Waals surface area (Å²) >= 11 is 6.01. The fourth-order valence-electron chi connectivity index (χ4n) is 2.83. The van der Waals surface area contributed by atoms with Crippen molar-refractivity contribution in [1.29, 1.82) is 0 Å². The highest BCUT2D eigenvalue weighted by Crippen LogP contribution is 2.29. The minimum atomic E-state index is -0.517. The quantitative estimate of drug-likeness (QED) is 0.807. The van der Waals surface area contributed by atoms with Crippen LogP contribution in [-0.2, 0) is 0 Å². The van der Waals surface area contributed by atoms with Gasteiger partial charge in [0.25, 0.3) is 0 Å². The van der Waals surface area contributed by atoms with Crippen LogP contribution in [0.25, 0.3) is 0 Å². The molecule has 1 aromatic carbocycles. The lowest BCUT2D eigenvalue weighted by molar-refractivity contribution is 0.104. The van der Waals surface area contributed by atoms with Crippen molar-refractivity contribution in [3.8, 4) is 5.75 Å². The van der Waals surface area contributed by atoms with Gasteiger partial charge in [-0.15, -0.1) is 0 Å². The topological polar surface area (TPSA) is 44.7 Å². The molecule has 2 aliphatic rings. The zero-order chi connectivity index (χ0) is 14.7. The number of para-hydroxylation sites is 1. The maximum Gasteiger partial charge on any atom is 0.138 e. The first-order valence-electron chi connectivity index (χ1n) is 7.75. The predicted octanol–water partition coefficient (Wildman–Crippen LogP) is 1.91. The van der Waals surface area contributed by atoms with E-state index in [4.69, 9.17) is 16.3 Å². The molecule has 0 radical (unpaired) electrons. The van der Waals surface area contributed by atoms with Crippen molar-refractivity contribution in [2.24, 2.45) is 0 Å². The lowest BCUT2D eigenvalue weighted by atomic mass is 10.2. The fraction of sp³-hybridized carbons (Fsp3) is 0.625. The third-order valence-electron chi connectivity index (χ3n) is 4.19. The molecule has 4 nitrogen and oxygen atoms in total. The van der Waals surface area contributed by atoms with Crippen LogP contribution in [0, 0.1) is 0 Å². The smallest absolute Gasteiger partial charge is 0.138 e. The Morgan fingerprint density at radius 1 is 1.33 bits per heavy atom. The van der Waals surface area contributed by atoms with Gasteiger partial charge in [-0.1, -0.05) is 23.7 Å². The first-order valence-corrected chi connectivity index (χ1v) is 8.13. The first kappa shape index (κ1) is 15.1. The van der Waals surface area contributed by atoms with Gasteiger partial charge < -0.3 is 15.2 Å². The van der Waals surface area contributed by atoms with Gasteiger partial charge in [0.1, 0.15) is 18.5 Å². The minimum absolute atomic E-state index is 0.260. The molecule has 2 unspecified atom stereocenters. The highest BCUT2D eigenvalue weighted by Gasteiger charge is 2.34. The van der Waals surface area contributed by atoms with E-state index in [0.717, 1.165) is 12.6 Å². The molecule has 0 aromatic heterocycles. The number of aliphatic hydroxyl groups is 1. The minimum Gasteiger partial charge on any atom is -0.489 e. The van der Waals surface area contributed by atoms with Crippen LogP contribution in [0.2, 0.25) is 5.02 Å². The molecular formula is C16H23ClN2O2. The van der Waals surface area contributed by atoms with Crippen LogP contribution in [0.15, 0.2) is 24.3 Å². The monoisotopic (exact) mass is 310 g/mol. The molecule has 0 bridgehead atoms. The van der Waals surface area contributed by atoms with Crippen molar-refractivity contribution < 1.29 is 9.84 Å². The Balaban J connectivity index is 1.35. The van der Waals surface area contributed by atoms with Crippen LogP contribution in [0.3, 0.4) is 0 Å². The maximum absolute atomic E-state index is 10.0. The molecule has 3 rings (SSSR count). The lowest BCUT2D eigenvalue weighted by Gasteiger charge is -2.18. The van der Waals surface area contributed by atoms with Gasteiger partial charge in [-0.05, 0) is 31.4 Å². The molecule has 1 aliphatic heterocycles. The number of likely N-dealkylation sites (tertiary alicyclic amines) is 1. The van der Waals surface area contributed by atoms with Gasteiger partial charge in [-0.25, -0.2) is 0 Å². The second-order valence-corrected chi connectivity index (χ2v) is 6.42. The Labute approximate surface area is 131 Å². The van der Waals surface area contributed by atoms with Gasteiger partial charge in [0.15, 0.2) is 0 Å². The Bertz CT molecular complexity index is 467. The van der Waals surface area contributed by atoms with Gasteiger partial charge in [0.2, 0.25) is 0 Å². The molecule has 1 saturated heterocycles. The number of benzene rings is 1. The Morgan fingerprint density at radius 3 is 2.90 bits per heavy atom. The van der Waals surface area contributed by atoms with E-state index in [0.29, 0.717) is 23.4 Å². The summed E-state index contributed by atoms with van der Waals surface area (Å²) in [4.78, 5) is 2.56. The zero-order valence-corrected chi connectivity index (χ0v) is 12.9. The molecule has 1 aromatic rings. The van der Waals surface area contributed by atoms with Crippen LogP contribution >= 0.6 is 11.6 Å². The van der Waals surface area contributed by atoms with E-state index < -0.39 is 6.10 Å². The van der Waals surface area contributed by atoms with Crippen molar-refractivity contribution >= 4 is 11.6 Å². The van der Waals surface area contributed by atoms with Gasteiger partial charge in [-0.3, -0.25) is 4.90 Å². The van der Waals surface area contributed by atoms with Gasteiger partial charge in [0.05, 0.1) is 5.02 Å². The van der Waals surface area contributed by atoms with Gasteiger partial charge >= 0.3 is 0 Å². The molecule has 1 aliphatic carbocycles. The van der Waals surface area contributed by atoms with Crippen molar-refractivity contribution in [3.63, 3.8) is 0 Å². The molecule has 0 spiro atoms. The highest BCUT2D eigenvalue weighted by molar-refractivity contribution is 6.32. The SMILES string of the molecule is OC(CNC1CCN(C2CC2)C1)COc1ccccc1Cl. The van der Waals surface area contributed by atoms with E-state index in [1.165, 1.54) is 25.8 Å². The average molecular weight is 311 g/mol. The second-order valence-electron chi connectivity index (χ2n) is 6.02. The lowest BCUT2D eigenvalue weighted by Crippen LogP contribution is -2.39. The number of halogens is 1. The number of aliphatic hydroxyl groups excluding tert-OH is 1. The molecule has 0 amide bonds. The Hall–Kier alpha value is -0.810. The largest absolute Gasteiger partial charge is 0.489 e. The summed E-state index contributed by atoms with van der Waals surface area (Å²) in [6.07, 6.45) is 3.38. The standard InChI is InChI=1S/C16H23ClN2O2/c17-15-3-1-2-4-16(15)21-11-14(20)9-18-12-7-8-19(10-12)13-5-6-13/h1-4,12-14,18,20H,5-11H2. The maximum atomic E-state index is 10.0. The fourth-order valence-corrected chi connectivity index (χ4v) is 3.02. The predicted molar refractivity (Wildman–Crippen MR) is 84.0 cm³/mol. The normalized spacial score (nSPS) is 24.2. The third-order valence-corrected chi connectivity index (χ3v) is 4.51. The van der Waals surface area contributed by atoms with Crippen molar-refractivity contribution in [2.45, 2.75) is 37.5 Å². The molecule has 2 atom stereocenters. The number of hydrogen-bond acceptors (Lipinski definition) is 4. The number of rotatable bonds is 7. The van der Waals surface area contributed by atoms with Crippen LogP contribution in [-0.4, -0.2) is 54.4 Å². The number of nitrogens with one attached hydrogen (secondary N) is 1. The zero-order valence-electron chi connectivity index (χ0n) is 12.2. The molecule has 21 heavy (non-hydrogen) atoms. The summed E-state index contributed by atoms with van der Waals surface area (Å²) in [5.41, 5.74) is 0.